The molecule has 2 amide bonds. The number of carbonyl (C=O) groups excluding carboxylic acids is 3. The molecule has 0 spiro atoms. The predicted octanol–water partition coefficient (Wildman–Crippen LogP) is 3.48. The maximum absolute atomic E-state index is 13.5. The smallest absolute Gasteiger partial charge is 0.410 e. The summed E-state index contributed by atoms with van der Waals surface area (Å²) in [7, 11) is 0. The number of cyclic esters (lactones) is 1. The van der Waals surface area contributed by atoms with E-state index in [1.54, 1.807) is 17.0 Å². The lowest BCUT2D eigenvalue weighted by atomic mass is 10.0. The molecule has 2 fully saturated rings. The van der Waals surface area contributed by atoms with E-state index in [9.17, 15) is 18.8 Å². The number of nitrogens with zero attached hydrogens (tertiary/aromatic N) is 2. The molecular weight excluding hydrogens is 441 g/mol. The van der Waals surface area contributed by atoms with E-state index in [-0.39, 0.29) is 31.0 Å². The molecule has 1 N–H and O–H groups in total. The number of aromatic amines is 1. The third-order valence-electron chi connectivity index (χ3n) is 6.37. The van der Waals surface area contributed by atoms with Gasteiger partial charge in [0.25, 0.3) is 5.91 Å². The second-order valence-electron chi connectivity index (χ2n) is 8.53. The number of hydrogen-bond acceptors (Lipinski definition) is 5. The second-order valence-corrected chi connectivity index (χ2v) is 8.53. The van der Waals surface area contributed by atoms with Crippen molar-refractivity contribution in [2.75, 3.05) is 19.7 Å². The molecule has 176 valence electrons. The number of fused-ring (bicyclic) bond motifs is 1. The minimum atomic E-state index is -0.799. The molecular formula is C25H24FN3O5. The Morgan fingerprint density at radius 3 is 2.62 bits per heavy atom. The molecule has 5 rings (SSSR count). The highest BCUT2D eigenvalue weighted by atomic mass is 19.1. The van der Waals surface area contributed by atoms with Gasteiger partial charge in [-0.3, -0.25) is 9.69 Å². The summed E-state index contributed by atoms with van der Waals surface area (Å²) in [5.74, 6) is -1.04. The third kappa shape index (κ3) is 4.33. The van der Waals surface area contributed by atoms with Crippen molar-refractivity contribution in [3.63, 3.8) is 0 Å². The first-order chi connectivity index (χ1) is 16.5. The first-order valence-electron chi connectivity index (χ1n) is 11.2. The fourth-order valence-electron chi connectivity index (χ4n) is 4.58. The summed E-state index contributed by atoms with van der Waals surface area (Å²) >= 11 is 0. The lowest BCUT2D eigenvalue weighted by Crippen LogP contribution is -2.52. The molecule has 9 heteroatoms. The molecule has 2 aliphatic heterocycles. The number of nitrogens with one attached hydrogen (secondary N) is 1. The van der Waals surface area contributed by atoms with Crippen LogP contribution in [0, 0.1) is 5.82 Å². The summed E-state index contributed by atoms with van der Waals surface area (Å²) in [6.45, 7) is 0.919. The number of esters is 1. The summed E-state index contributed by atoms with van der Waals surface area (Å²) in [6, 6.07) is 14.3. The van der Waals surface area contributed by atoms with Gasteiger partial charge in [-0.2, -0.15) is 0 Å². The van der Waals surface area contributed by atoms with Gasteiger partial charge in [-0.05, 0) is 42.7 Å². The fraction of sp³-hybridized carbons (Fsp3) is 0.320. The molecule has 0 radical (unpaired) electrons. The van der Waals surface area contributed by atoms with Crippen LogP contribution in [0.25, 0.3) is 10.9 Å². The number of ether oxygens (including phenoxy) is 2. The quantitative estimate of drug-likeness (QED) is 0.583. The van der Waals surface area contributed by atoms with Gasteiger partial charge in [-0.15, -0.1) is 0 Å². The van der Waals surface area contributed by atoms with Gasteiger partial charge in [0.2, 0.25) is 0 Å². The van der Waals surface area contributed by atoms with Crippen molar-refractivity contribution in [3.8, 4) is 0 Å². The highest BCUT2D eigenvalue weighted by Gasteiger charge is 2.44. The van der Waals surface area contributed by atoms with Gasteiger partial charge in [0.15, 0.2) is 6.04 Å². The Balaban J connectivity index is 1.20. The average molecular weight is 465 g/mol. The average Bonchev–Trinajstić information content (AvgIpc) is 3.46. The summed E-state index contributed by atoms with van der Waals surface area (Å²) in [5.41, 5.74) is 1.94. The van der Waals surface area contributed by atoms with Crippen LogP contribution in [-0.2, 0) is 20.9 Å². The molecule has 34 heavy (non-hydrogen) atoms. The van der Waals surface area contributed by atoms with Crippen LogP contribution < -0.4 is 0 Å². The summed E-state index contributed by atoms with van der Waals surface area (Å²) in [4.78, 5) is 44.3. The van der Waals surface area contributed by atoms with Crippen molar-refractivity contribution in [1.82, 2.24) is 14.8 Å². The second kappa shape index (κ2) is 9.17. The van der Waals surface area contributed by atoms with E-state index >= 15 is 0 Å². The number of amides is 2. The van der Waals surface area contributed by atoms with E-state index in [1.165, 1.54) is 17.0 Å². The molecule has 2 saturated heterocycles. The van der Waals surface area contributed by atoms with Crippen molar-refractivity contribution >= 4 is 28.9 Å². The Morgan fingerprint density at radius 1 is 1.09 bits per heavy atom. The Kier molecular flexibility index (Phi) is 5.91. The molecule has 0 saturated carbocycles. The Labute approximate surface area is 195 Å². The zero-order valence-corrected chi connectivity index (χ0v) is 18.4. The summed E-state index contributed by atoms with van der Waals surface area (Å²) in [6.07, 6.45) is 0.486. The third-order valence-corrected chi connectivity index (χ3v) is 6.37. The van der Waals surface area contributed by atoms with Crippen LogP contribution in [0.15, 0.2) is 54.6 Å². The monoisotopic (exact) mass is 465 g/mol. The lowest BCUT2D eigenvalue weighted by molar-refractivity contribution is -0.150. The van der Waals surface area contributed by atoms with Crippen molar-refractivity contribution in [1.29, 1.82) is 0 Å². The van der Waals surface area contributed by atoms with Crippen LogP contribution in [0.3, 0.4) is 0 Å². The number of halogens is 1. The van der Waals surface area contributed by atoms with Gasteiger partial charge in [0, 0.05) is 30.0 Å². The van der Waals surface area contributed by atoms with E-state index in [2.05, 4.69) is 4.98 Å². The lowest BCUT2D eigenvalue weighted by Gasteiger charge is -2.37. The molecule has 3 aromatic rings. The van der Waals surface area contributed by atoms with E-state index < -0.39 is 18.1 Å². The van der Waals surface area contributed by atoms with E-state index in [0.29, 0.717) is 42.5 Å². The van der Waals surface area contributed by atoms with Crippen LogP contribution in [0.2, 0.25) is 0 Å². The zero-order valence-electron chi connectivity index (χ0n) is 18.4. The maximum atomic E-state index is 13.5. The number of benzene rings is 2. The van der Waals surface area contributed by atoms with Gasteiger partial charge < -0.3 is 19.4 Å². The van der Waals surface area contributed by atoms with Gasteiger partial charge in [0.05, 0.1) is 0 Å². The van der Waals surface area contributed by atoms with Crippen LogP contribution >= 0.6 is 0 Å². The Hall–Kier alpha value is -3.88. The van der Waals surface area contributed by atoms with Gasteiger partial charge in [-0.25, -0.2) is 14.0 Å². The molecule has 2 aliphatic rings. The standard InChI is InChI=1S/C25H24FN3O5/c26-18-6-7-20-17(12-18)13-21(27-20)23(30)28-10-8-19(9-11-28)29-22(15-34-25(29)32)24(31)33-14-16-4-2-1-3-5-16/h1-7,12-13,19,22,27H,8-11,14-15H2/t22-/m0/s1. The molecule has 0 unspecified atom stereocenters. The predicted molar refractivity (Wildman–Crippen MR) is 120 cm³/mol. The van der Waals surface area contributed by atoms with Gasteiger partial charge in [-0.1, -0.05) is 30.3 Å². The minimum Gasteiger partial charge on any atom is -0.459 e. The molecule has 1 atom stereocenters. The van der Waals surface area contributed by atoms with Crippen molar-refractivity contribution in [2.45, 2.75) is 31.5 Å². The van der Waals surface area contributed by atoms with Crippen LogP contribution in [0.1, 0.15) is 28.9 Å². The maximum Gasteiger partial charge on any atom is 0.410 e. The molecule has 1 aromatic heterocycles. The van der Waals surface area contributed by atoms with Crippen LogP contribution in [0.4, 0.5) is 9.18 Å². The Morgan fingerprint density at radius 2 is 1.85 bits per heavy atom. The van der Waals surface area contributed by atoms with E-state index in [4.69, 9.17) is 9.47 Å². The number of rotatable bonds is 5. The van der Waals surface area contributed by atoms with Gasteiger partial charge >= 0.3 is 12.1 Å². The Bertz CT molecular complexity index is 1220. The van der Waals surface area contributed by atoms with E-state index in [0.717, 1.165) is 5.56 Å². The highest BCUT2D eigenvalue weighted by Crippen LogP contribution is 2.26. The number of piperidine rings is 1. The minimum absolute atomic E-state index is 0.0444. The fourth-order valence-corrected chi connectivity index (χ4v) is 4.58. The first-order valence-corrected chi connectivity index (χ1v) is 11.2. The van der Waals surface area contributed by atoms with Crippen molar-refractivity contribution < 1.29 is 28.2 Å². The largest absolute Gasteiger partial charge is 0.459 e. The molecule has 0 aliphatic carbocycles. The summed E-state index contributed by atoms with van der Waals surface area (Å²) < 4.78 is 24.1. The van der Waals surface area contributed by atoms with Crippen molar-refractivity contribution in [2.24, 2.45) is 0 Å². The molecule has 8 nitrogen and oxygen atoms in total. The van der Waals surface area contributed by atoms with E-state index in [1.807, 2.05) is 30.3 Å². The van der Waals surface area contributed by atoms with Crippen LogP contribution in [-0.4, -0.2) is 64.5 Å². The van der Waals surface area contributed by atoms with Gasteiger partial charge in [0.1, 0.15) is 24.7 Å². The number of H-pyrrole nitrogens is 1. The molecule has 2 aromatic carbocycles. The first kappa shape index (κ1) is 21.9. The molecule has 3 heterocycles. The number of hydrogen-bond donors (Lipinski definition) is 1. The molecule has 0 bridgehead atoms. The topological polar surface area (TPSA) is 91.9 Å². The van der Waals surface area contributed by atoms with Crippen molar-refractivity contribution in [3.05, 3.63) is 71.7 Å². The zero-order chi connectivity index (χ0) is 23.7. The summed E-state index contributed by atoms with van der Waals surface area (Å²) in [5, 5.41) is 0.634. The highest BCUT2D eigenvalue weighted by molar-refractivity contribution is 5.98. The normalized spacial score (nSPS) is 18.9. The SMILES string of the molecule is O=C(OCc1ccccc1)[C@@H]1COC(=O)N1C1CCN(C(=O)c2cc3cc(F)ccc3[nH]2)CC1. The number of carbonyl (C=O) groups is 3. The number of aromatic nitrogens is 1. The van der Waals surface area contributed by atoms with Crippen LogP contribution in [0.5, 0.6) is 0 Å². The number of likely N-dealkylation sites (tertiary alicyclic amines) is 1.